The fourth-order valence-electron chi connectivity index (χ4n) is 2.77. The van der Waals surface area contributed by atoms with Crippen LogP contribution in [0.1, 0.15) is 42.3 Å². The molecule has 27 heavy (non-hydrogen) atoms. The van der Waals surface area contributed by atoms with Gasteiger partial charge in [0.2, 0.25) is 5.91 Å². The van der Waals surface area contributed by atoms with Gasteiger partial charge in [-0.25, -0.2) is 0 Å². The average Bonchev–Trinajstić information content (AvgIpc) is 2.63. The summed E-state index contributed by atoms with van der Waals surface area (Å²) in [4.78, 5) is 25.6. The number of amides is 2. The zero-order chi connectivity index (χ0) is 20.0. The van der Waals surface area contributed by atoms with Gasteiger partial charge in [0.15, 0.2) is 0 Å². The minimum absolute atomic E-state index is 0.0710. The maximum Gasteiger partial charge on any atom is 0.255 e. The summed E-state index contributed by atoms with van der Waals surface area (Å²) in [5.74, 6) is -0.122. The van der Waals surface area contributed by atoms with E-state index >= 15 is 0 Å². The number of benzene rings is 2. The van der Waals surface area contributed by atoms with Crippen molar-refractivity contribution < 1.29 is 14.3 Å². The number of anilines is 1. The second kappa shape index (κ2) is 9.21. The zero-order valence-corrected chi connectivity index (χ0v) is 16.6. The Morgan fingerprint density at radius 1 is 1.07 bits per heavy atom. The molecule has 0 fully saturated rings. The Hall–Kier alpha value is -2.82. The molecular weight excluding hydrogens is 340 g/mol. The summed E-state index contributed by atoms with van der Waals surface area (Å²) >= 11 is 0. The molecule has 0 spiro atoms. The molecule has 0 heterocycles. The van der Waals surface area contributed by atoms with Gasteiger partial charge in [0.1, 0.15) is 11.8 Å². The first-order valence-electron chi connectivity index (χ1n) is 9.24. The quantitative estimate of drug-likeness (QED) is 0.773. The zero-order valence-electron chi connectivity index (χ0n) is 16.6. The van der Waals surface area contributed by atoms with Crippen LogP contribution in [0.15, 0.2) is 42.5 Å². The molecule has 2 aromatic carbocycles. The third-order valence-electron chi connectivity index (χ3n) is 4.32. The van der Waals surface area contributed by atoms with Crippen LogP contribution < -0.4 is 15.4 Å². The molecule has 0 aromatic heterocycles. The van der Waals surface area contributed by atoms with E-state index in [-0.39, 0.29) is 17.7 Å². The lowest BCUT2D eigenvalue weighted by Gasteiger charge is -2.23. The van der Waals surface area contributed by atoms with Gasteiger partial charge in [-0.05, 0) is 56.0 Å². The smallest absolute Gasteiger partial charge is 0.255 e. The van der Waals surface area contributed by atoms with Crippen molar-refractivity contribution >= 4 is 17.5 Å². The third kappa shape index (κ3) is 5.33. The Kier molecular flexibility index (Phi) is 6.99. The van der Waals surface area contributed by atoms with Gasteiger partial charge in [0, 0.05) is 5.69 Å². The van der Waals surface area contributed by atoms with Gasteiger partial charge in [0.05, 0.1) is 12.2 Å². The van der Waals surface area contributed by atoms with Gasteiger partial charge < -0.3 is 15.4 Å². The van der Waals surface area contributed by atoms with E-state index in [0.29, 0.717) is 17.9 Å². The van der Waals surface area contributed by atoms with Crippen LogP contribution in [0.2, 0.25) is 0 Å². The highest BCUT2D eigenvalue weighted by molar-refractivity contribution is 6.02. The van der Waals surface area contributed by atoms with E-state index in [1.54, 1.807) is 18.2 Å². The molecule has 0 unspecified atom stereocenters. The fourth-order valence-corrected chi connectivity index (χ4v) is 2.77. The monoisotopic (exact) mass is 368 g/mol. The molecule has 144 valence electrons. The van der Waals surface area contributed by atoms with Gasteiger partial charge in [-0.3, -0.25) is 9.59 Å². The largest absolute Gasteiger partial charge is 0.493 e. The maximum absolute atomic E-state index is 12.8. The second-order valence-corrected chi connectivity index (χ2v) is 6.93. The Morgan fingerprint density at radius 2 is 1.78 bits per heavy atom. The van der Waals surface area contributed by atoms with Crippen molar-refractivity contribution in [3.63, 3.8) is 0 Å². The molecule has 0 aliphatic carbocycles. The molecule has 2 rings (SSSR count). The molecule has 0 aliphatic rings. The van der Waals surface area contributed by atoms with E-state index in [0.717, 1.165) is 16.8 Å². The minimum Gasteiger partial charge on any atom is -0.493 e. The number of carbonyl (C=O) groups is 2. The van der Waals surface area contributed by atoms with Crippen molar-refractivity contribution in [2.75, 3.05) is 11.9 Å². The molecule has 0 saturated heterocycles. The number of carbonyl (C=O) groups excluding carboxylic acids is 2. The molecule has 1 atom stereocenters. The highest BCUT2D eigenvalue weighted by Gasteiger charge is 2.26. The lowest BCUT2D eigenvalue weighted by atomic mass is 10.0. The lowest BCUT2D eigenvalue weighted by molar-refractivity contribution is -0.118. The van der Waals surface area contributed by atoms with Crippen LogP contribution in [0.5, 0.6) is 5.75 Å². The Labute approximate surface area is 161 Å². The van der Waals surface area contributed by atoms with E-state index in [4.69, 9.17) is 4.74 Å². The molecule has 5 heteroatoms. The molecule has 0 saturated carbocycles. The van der Waals surface area contributed by atoms with Crippen molar-refractivity contribution in [3.05, 3.63) is 59.2 Å². The van der Waals surface area contributed by atoms with Gasteiger partial charge in [0.25, 0.3) is 5.91 Å². The predicted octanol–water partition coefficient (Wildman–Crippen LogP) is 4.10. The highest BCUT2D eigenvalue weighted by Crippen LogP contribution is 2.20. The third-order valence-corrected chi connectivity index (χ3v) is 4.32. The summed E-state index contributed by atoms with van der Waals surface area (Å²) in [7, 11) is 0. The fraction of sp³-hybridized carbons (Fsp3) is 0.364. The van der Waals surface area contributed by atoms with Gasteiger partial charge in [-0.15, -0.1) is 0 Å². The highest BCUT2D eigenvalue weighted by atomic mass is 16.5. The van der Waals surface area contributed by atoms with Crippen LogP contribution in [0.25, 0.3) is 0 Å². The number of ether oxygens (including phenoxy) is 1. The molecule has 2 amide bonds. The standard InChI is InChI=1S/C22H28N2O3/c1-6-27-19-10-8-7-9-17(19)21(25)24-20(14(2)3)22(26)23-18-13-15(4)11-12-16(18)5/h7-14,20H,6H2,1-5H3,(H,23,26)(H,24,25)/t20-/m0/s1. The Morgan fingerprint density at radius 3 is 2.44 bits per heavy atom. The number of aryl methyl sites for hydroxylation is 2. The van der Waals surface area contributed by atoms with Gasteiger partial charge in [-0.1, -0.05) is 38.1 Å². The minimum atomic E-state index is -0.660. The summed E-state index contributed by atoms with van der Waals surface area (Å²) < 4.78 is 5.52. The molecular formula is C22H28N2O3. The number of hydrogen-bond acceptors (Lipinski definition) is 3. The van der Waals surface area contributed by atoms with Crippen LogP contribution in [0.4, 0.5) is 5.69 Å². The van der Waals surface area contributed by atoms with E-state index in [9.17, 15) is 9.59 Å². The maximum atomic E-state index is 12.8. The summed E-state index contributed by atoms with van der Waals surface area (Å²) in [6.07, 6.45) is 0. The first-order chi connectivity index (χ1) is 12.8. The summed E-state index contributed by atoms with van der Waals surface area (Å²) in [6.45, 7) is 10.1. The SMILES string of the molecule is CCOc1ccccc1C(=O)N[C@H](C(=O)Nc1cc(C)ccc1C)C(C)C. The number of para-hydroxylation sites is 1. The van der Waals surface area contributed by atoms with Crippen molar-refractivity contribution in [2.24, 2.45) is 5.92 Å². The Balaban J connectivity index is 2.19. The van der Waals surface area contributed by atoms with Crippen molar-refractivity contribution in [1.82, 2.24) is 5.32 Å². The van der Waals surface area contributed by atoms with Crippen LogP contribution in [-0.4, -0.2) is 24.5 Å². The van der Waals surface area contributed by atoms with Crippen LogP contribution in [-0.2, 0) is 4.79 Å². The number of hydrogen-bond donors (Lipinski definition) is 2. The van der Waals surface area contributed by atoms with Crippen molar-refractivity contribution in [3.8, 4) is 5.75 Å². The normalized spacial score (nSPS) is 11.8. The van der Waals surface area contributed by atoms with Crippen LogP contribution in [0.3, 0.4) is 0 Å². The van der Waals surface area contributed by atoms with Crippen molar-refractivity contribution in [2.45, 2.75) is 40.7 Å². The molecule has 0 bridgehead atoms. The second-order valence-electron chi connectivity index (χ2n) is 6.93. The molecule has 5 nitrogen and oxygen atoms in total. The van der Waals surface area contributed by atoms with E-state index < -0.39 is 6.04 Å². The van der Waals surface area contributed by atoms with Crippen LogP contribution >= 0.6 is 0 Å². The Bertz CT molecular complexity index is 815. The number of nitrogens with one attached hydrogen (secondary N) is 2. The van der Waals surface area contributed by atoms with E-state index in [1.165, 1.54) is 0 Å². The topological polar surface area (TPSA) is 67.4 Å². The molecule has 2 aromatic rings. The first-order valence-corrected chi connectivity index (χ1v) is 9.24. The molecule has 0 aliphatic heterocycles. The average molecular weight is 368 g/mol. The van der Waals surface area contributed by atoms with Gasteiger partial charge in [-0.2, -0.15) is 0 Å². The summed E-state index contributed by atoms with van der Waals surface area (Å²) in [6, 6.07) is 12.3. The predicted molar refractivity (Wildman–Crippen MR) is 108 cm³/mol. The first kappa shape index (κ1) is 20.5. The van der Waals surface area contributed by atoms with Gasteiger partial charge >= 0.3 is 0 Å². The lowest BCUT2D eigenvalue weighted by Crippen LogP contribution is -2.47. The van der Waals surface area contributed by atoms with E-state index in [1.807, 2.05) is 58.9 Å². The van der Waals surface area contributed by atoms with E-state index in [2.05, 4.69) is 10.6 Å². The summed E-state index contributed by atoms with van der Waals surface area (Å²) in [5, 5.41) is 5.80. The van der Waals surface area contributed by atoms with Crippen LogP contribution in [0, 0.1) is 19.8 Å². The number of rotatable bonds is 7. The summed E-state index contributed by atoms with van der Waals surface area (Å²) in [5.41, 5.74) is 3.22. The molecule has 0 radical (unpaired) electrons. The van der Waals surface area contributed by atoms with Crippen molar-refractivity contribution in [1.29, 1.82) is 0 Å². The molecule has 2 N–H and O–H groups in total.